The van der Waals surface area contributed by atoms with E-state index in [2.05, 4.69) is 14.8 Å². The van der Waals surface area contributed by atoms with Crippen molar-refractivity contribution in [3.63, 3.8) is 0 Å². The molecule has 0 aliphatic heterocycles. The Labute approximate surface area is 335 Å². The van der Waals surface area contributed by atoms with E-state index in [-0.39, 0.29) is 17.6 Å². The first kappa shape index (κ1) is 43.1. The molecule has 16 heteroatoms. The van der Waals surface area contributed by atoms with Crippen molar-refractivity contribution in [3.8, 4) is 17.3 Å². The van der Waals surface area contributed by atoms with Gasteiger partial charge in [-0.2, -0.15) is 5.26 Å². The van der Waals surface area contributed by atoms with E-state index in [1.807, 2.05) is 69.8 Å². The number of fused-ring (bicyclic) bond motifs is 2. The summed E-state index contributed by atoms with van der Waals surface area (Å²) < 4.78 is 4.70. The van der Waals surface area contributed by atoms with E-state index < -0.39 is 19.1 Å². The first-order valence-electron chi connectivity index (χ1n) is 17.5. The third-order valence-corrected chi connectivity index (χ3v) is 9.00. The van der Waals surface area contributed by atoms with E-state index >= 15 is 0 Å². The van der Waals surface area contributed by atoms with Crippen LogP contribution < -0.4 is 15.3 Å². The van der Waals surface area contributed by atoms with Crippen LogP contribution in [0.2, 0.25) is 5.15 Å². The number of carboxylic acids is 1. The monoisotopic (exact) mass is 786 g/mol. The lowest BCUT2D eigenvalue weighted by atomic mass is 9.80. The Morgan fingerprint density at radius 3 is 1.82 bits per heavy atom. The summed E-state index contributed by atoms with van der Waals surface area (Å²) in [5.41, 5.74) is 6.06. The normalized spacial score (nSPS) is 10.4. The molecule has 0 unspecified atom stereocenters. The van der Waals surface area contributed by atoms with Crippen LogP contribution in [0.15, 0.2) is 84.9 Å². The van der Waals surface area contributed by atoms with Gasteiger partial charge < -0.3 is 29.7 Å². The van der Waals surface area contributed by atoms with Crippen molar-refractivity contribution in [2.45, 2.75) is 39.8 Å². The Balaban J connectivity index is 0.000000205. The summed E-state index contributed by atoms with van der Waals surface area (Å²) in [4.78, 5) is 48.4. The van der Waals surface area contributed by atoms with Gasteiger partial charge in [-0.3, -0.25) is 0 Å². The number of ether oxygens (including phenoxy) is 1. The first-order valence-corrected chi connectivity index (χ1v) is 17.9. The van der Waals surface area contributed by atoms with Crippen molar-refractivity contribution in [1.29, 1.82) is 5.26 Å². The third kappa shape index (κ3) is 10.8. The zero-order valence-electron chi connectivity index (χ0n) is 32.3. The molecule has 0 fully saturated rings. The molecule has 2 aromatic heterocycles. The second-order valence-electron chi connectivity index (χ2n) is 13.1. The van der Waals surface area contributed by atoms with Gasteiger partial charge in [0.1, 0.15) is 5.69 Å². The number of carboxylic acid groups (broad SMARTS) is 1. The summed E-state index contributed by atoms with van der Waals surface area (Å²) in [6.45, 7) is 15.3. The molecule has 57 heavy (non-hydrogen) atoms. The Kier molecular flexibility index (Phi) is 14.6. The van der Waals surface area contributed by atoms with Crippen LogP contribution in [0, 0.1) is 17.9 Å². The number of nitriles is 1. The second-order valence-corrected chi connectivity index (χ2v) is 13.5. The average molecular weight is 787 g/mol. The standard InChI is InChI=1S/C20H18N4O2.C14H16ClN3O2.C7H6BNO2/c1-12(2)24(4)19-18(13-5-8-15(21-3)9-6-13)22-16-10-7-14(20(25)26)11-17(16)23-19;1-8(2)18(3)13-12(15)16-10-6-5-9(14(19)20-4)7-11(10)17-13;9-5-6-1-3-7(4-2-6)8(10)11/h5-12H,1-2,4H3,(H,25,26);5-8H,1-4H3;1-4,10-11H. The lowest BCUT2D eigenvalue weighted by molar-refractivity contribution is 0.0600. The number of halogens is 1. The van der Waals surface area contributed by atoms with Crippen molar-refractivity contribution >= 4 is 75.5 Å². The van der Waals surface area contributed by atoms with Gasteiger partial charge in [-0.05, 0) is 81.7 Å². The van der Waals surface area contributed by atoms with Gasteiger partial charge in [-0.25, -0.2) is 34.4 Å². The van der Waals surface area contributed by atoms with Crippen LogP contribution in [0.3, 0.4) is 0 Å². The minimum Gasteiger partial charge on any atom is -0.478 e. The zero-order chi connectivity index (χ0) is 42.0. The second kappa shape index (κ2) is 19.3. The number of rotatable bonds is 8. The van der Waals surface area contributed by atoms with Gasteiger partial charge in [0.05, 0.1) is 58.5 Å². The molecule has 0 radical (unpaired) electrons. The van der Waals surface area contributed by atoms with Gasteiger partial charge in [-0.1, -0.05) is 48.0 Å². The molecule has 0 spiro atoms. The molecule has 14 nitrogen and oxygen atoms in total. The number of hydrogen-bond donors (Lipinski definition) is 3. The van der Waals surface area contributed by atoms with Crippen molar-refractivity contribution in [3.05, 3.63) is 118 Å². The molecular formula is C41H40BClN8O6. The predicted octanol–water partition coefficient (Wildman–Crippen LogP) is 6.54. The van der Waals surface area contributed by atoms with Gasteiger partial charge in [0, 0.05) is 31.7 Å². The fraction of sp³-hybridized carbons (Fsp3) is 0.220. The van der Waals surface area contributed by atoms with E-state index in [9.17, 15) is 14.7 Å². The Bertz CT molecular complexity index is 2470. The van der Waals surface area contributed by atoms with Crippen molar-refractivity contribution in [1.82, 2.24) is 19.9 Å². The summed E-state index contributed by atoms with van der Waals surface area (Å²) in [5.74, 6) is -0.129. The van der Waals surface area contributed by atoms with Gasteiger partial charge >= 0.3 is 19.1 Å². The van der Waals surface area contributed by atoms with Crippen LogP contribution in [0.5, 0.6) is 0 Å². The summed E-state index contributed by atoms with van der Waals surface area (Å²) in [5, 5.41) is 35.3. The summed E-state index contributed by atoms with van der Waals surface area (Å²) >= 11 is 6.16. The van der Waals surface area contributed by atoms with Crippen LogP contribution in [-0.2, 0) is 4.74 Å². The zero-order valence-corrected chi connectivity index (χ0v) is 33.1. The molecule has 290 valence electrons. The fourth-order valence-electron chi connectivity index (χ4n) is 5.02. The minimum absolute atomic E-state index is 0.180. The summed E-state index contributed by atoms with van der Waals surface area (Å²) in [7, 11) is 3.72. The topological polar surface area (TPSA) is 190 Å². The third-order valence-electron chi connectivity index (χ3n) is 8.74. The van der Waals surface area contributed by atoms with Crippen molar-refractivity contribution < 1.29 is 29.5 Å². The van der Waals surface area contributed by atoms with Crippen LogP contribution in [0.25, 0.3) is 38.2 Å². The lowest BCUT2D eigenvalue weighted by Gasteiger charge is -2.25. The molecule has 4 aromatic carbocycles. The Hall–Kier alpha value is -6.65. The molecule has 0 aliphatic rings. The van der Waals surface area contributed by atoms with E-state index in [0.29, 0.717) is 66.8 Å². The molecule has 0 amide bonds. The Morgan fingerprint density at radius 2 is 1.32 bits per heavy atom. The molecule has 2 heterocycles. The summed E-state index contributed by atoms with van der Waals surface area (Å²) in [6, 6.07) is 25.4. The average Bonchev–Trinajstić information content (AvgIpc) is 3.22. The SMILES string of the molecule is COC(=O)c1ccc2nc(Cl)c(N(C)C(C)C)nc2c1.N#Cc1ccc(B(O)O)cc1.[C-]#[N+]c1ccc(-c2nc3ccc(C(=O)O)cc3nc2N(C)C(C)C)cc1. The van der Waals surface area contributed by atoms with Crippen LogP contribution in [0.1, 0.15) is 54.0 Å². The smallest absolute Gasteiger partial charge is 0.478 e. The highest BCUT2D eigenvalue weighted by Gasteiger charge is 2.19. The maximum atomic E-state index is 11.5. The molecule has 3 N–H and O–H groups in total. The Morgan fingerprint density at radius 1 is 0.789 bits per heavy atom. The number of carbonyl (C=O) groups excluding carboxylic acids is 1. The highest BCUT2D eigenvalue weighted by Crippen LogP contribution is 2.32. The molecule has 0 saturated heterocycles. The number of aromatic carboxylic acids is 1. The molecule has 0 aliphatic carbocycles. The van der Waals surface area contributed by atoms with E-state index in [0.717, 1.165) is 5.56 Å². The van der Waals surface area contributed by atoms with Gasteiger partial charge in [0.2, 0.25) is 0 Å². The van der Waals surface area contributed by atoms with Gasteiger partial charge in [0.25, 0.3) is 0 Å². The fourth-order valence-corrected chi connectivity index (χ4v) is 5.29. The molecule has 0 saturated carbocycles. The number of benzene rings is 4. The molecular weight excluding hydrogens is 747 g/mol. The molecule has 0 bridgehead atoms. The molecule has 6 aromatic rings. The highest BCUT2D eigenvalue weighted by atomic mass is 35.5. The first-order chi connectivity index (χ1) is 27.1. The van der Waals surface area contributed by atoms with Gasteiger partial charge in [-0.15, -0.1) is 0 Å². The summed E-state index contributed by atoms with van der Waals surface area (Å²) in [6.07, 6.45) is 0. The van der Waals surface area contributed by atoms with Crippen molar-refractivity contribution in [2.24, 2.45) is 0 Å². The highest BCUT2D eigenvalue weighted by molar-refractivity contribution is 6.58. The number of methoxy groups -OCH3 is 1. The quantitative estimate of drug-likeness (QED) is 0.0857. The molecule has 0 atom stereocenters. The van der Waals surface area contributed by atoms with Crippen LogP contribution in [-0.4, -0.2) is 87.4 Å². The van der Waals surface area contributed by atoms with Crippen molar-refractivity contribution in [2.75, 3.05) is 31.0 Å². The molecule has 6 rings (SSSR count). The largest absolute Gasteiger partial charge is 0.488 e. The number of hydrogen-bond acceptors (Lipinski definition) is 12. The van der Waals surface area contributed by atoms with E-state index in [1.165, 1.54) is 43.5 Å². The van der Waals surface area contributed by atoms with Crippen LogP contribution in [0.4, 0.5) is 17.3 Å². The number of nitrogens with zero attached hydrogens (tertiary/aromatic N) is 8. The number of carbonyl (C=O) groups is 2. The number of esters is 1. The lowest BCUT2D eigenvalue weighted by Crippen LogP contribution is -2.29. The predicted molar refractivity (Wildman–Crippen MR) is 222 cm³/mol. The van der Waals surface area contributed by atoms with Gasteiger partial charge in [0.15, 0.2) is 22.5 Å². The maximum Gasteiger partial charge on any atom is 0.488 e. The number of anilines is 2. The van der Waals surface area contributed by atoms with Crippen LogP contribution >= 0.6 is 11.6 Å². The van der Waals surface area contributed by atoms with E-state index in [1.54, 1.807) is 36.4 Å². The number of aromatic nitrogens is 4. The maximum absolute atomic E-state index is 11.5. The minimum atomic E-state index is -1.46. The van der Waals surface area contributed by atoms with E-state index in [4.69, 9.17) is 48.2 Å².